The number of benzene rings is 2. The van der Waals surface area contributed by atoms with Crippen LogP contribution in [0.1, 0.15) is 44.2 Å². The van der Waals surface area contributed by atoms with Crippen LogP contribution >= 0.6 is 0 Å². The summed E-state index contributed by atoms with van der Waals surface area (Å²) in [6.07, 6.45) is 6.93. The molecule has 2 N–H and O–H groups in total. The molecule has 2 aromatic carbocycles. The molecular formula is C26H33N3O4S. The van der Waals surface area contributed by atoms with Gasteiger partial charge in [-0.2, -0.15) is 4.31 Å². The van der Waals surface area contributed by atoms with Crippen molar-refractivity contribution in [3.63, 3.8) is 0 Å². The molecule has 1 fully saturated rings. The van der Waals surface area contributed by atoms with Crippen molar-refractivity contribution < 1.29 is 18.4 Å². The highest BCUT2D eigenvalue weighted by atomic mass is 32.2. The monoisotopic (exact) mass is 483 g/mol. The van der Waals surface area contributed by atoms with Crippen LogP contribution in [0, 0.1) is 18.3 Å². The molecular weight excluding hydrogens is 450 g/mol. The number of carbonyl (C=O) groups excluding carboxylic acids is 2. The fourth-order valence-corrected chi connectivity index (χ4v) is 5.17. The number of hydrogen-bond acceptors (Lipinski definition) is 4. The number of amides is 1. The van der Waals surface area contributed by atoms with E-state index >= 15 is 0 Å². The largest absolute Gasteiger partial charge is 0.345 e. The van der Waals surface area contributed by atoms with E-state index in [0.717, 1.165) is 25.9 Å². The zero-order valence-electron chi connectivity index (χ0n) is 19.6. The molecule has 7 nitrogen and oxygen atoms in total. The number of likely N-dealkylation sites (tertiary alicyclic amines) is 1. The predicted molar refractivity (Wildman–Crippen MR) is 135 cm³/mol. The minimum Gasteiger partial charge on any atom is -0.345 e. The molecule has 1 saturated heterocycles. The van der Waals surface area contributed by atoms with Crippen LogP contribution in [-0.2, 0) is 20.9 Å². The summed E-state index contributed by atoms with van der Waals surface area (Å²) in [6, 6.07) is 15.1. The lowest BCUT2D eigenvalue weighted by atomic mass is 9.93. The summed E-state index contributed by atoms with van der Waals surface area (Å²) >= 11 is -2.24. The van der Waals surface area contributed by atoms with E-state index in [0.29, 0.717) is 6.54 Å². The number of Topliss-reactive ketones (excluding diaryl/α,β-unsaturated/α-hetero) is 1. The van der Waals surface area contributed by atoms with E-state index in [1.54, 1.807) is 0 Å². The van der Waals surface area contributed by atoms with Gasteiger partial charge < -0.3 is 5.32 Å². The van der Waals surface area contributed by atoms with Crippen LogP contribution in [0.15, 0.2) is 42.5 Å². The second-order valence-electron chi connectivity index (χ2n) is 8.80. The van der Waals surface area contributed by atoms with Crippen molar-refractivity contribution in [2.75, 3.05) is 32.7 Å². The summed E-state index contributed by atoms with van der Waals surface area (Å²) in [5.41, 5.74) is 1.31. The number of rotatable bonds is 11. The quantitative estimate of drug-likeness (QED) is 0.379. The van der Waals surface area contributed by atoms with Crippen molar-refractivity contribution >= 4 is 33.7 Å². The fraction of sp³-hybridized carbons (Fsp3) is 0.462. The van der Waals surface area contributed by atoms with Gasteiger partial charge in [0, 0.05) is 25.4 Å². The molecule has 0 saturated carbocycles. The summed E-state index contributed by atoms with van der Waals surface area (Å²) in [4.78, 5) is 26.3. The standard InChI is InChI=1S/C26H33N3O4S/c1-3-15-27-26(31)12-11-23(30)19-29(34(32)33)18-21-13-16-28(17-14-21)20(2)24-10-6-8-22-7-4-5-9-25(22)24/h1,4-10,20-21H,11-19H2,2H3,(H,27,31)(H,32,33). The van der Waals surface area contributed by atoms with E-state index in [9.17, 15) is 18.4 Å². The number of ketones is 1. The van der Waals surface area contributed by atoms with Gasteiger partial charge in [-0.05, 0) is 55.1 Å². The number of hydrogen-bond donors (Lipinski definition) is 2. The topological polar surface area (TPSA) is 90.0 Å². The van der Waals surface area contributed by atoms with Crippen LogP contribution in [0.2, 0.25) is 0 Å². The second kappa shape index (κ2) is 12.8. The van der Waals surface area contributed by atoms with E-state index in [-0.39, 0.29) is 49.6 Å². The first-order valence-electron chi connectivity index (χ1n) is 11.7. The molecule has 8 heteroatoms. The number of fused-ring (bicyclic) bond motifs is 1. The first kappa shape index (κ1) is 26.0. The van der Waals surface area contributed by atoms with Crippen LogP contribution in [0.3, 0.4) is 0 Å². The molecule has 34 heavy (non-hydrogen) atoms. The Balaban J connectivity index is 1.50. The van der Waals surface area contributed by atoms with Crippen molar-refractivity contribution in [1.29, 1.82) is 0 Å². The van der Waals surface area contributed by atoms with Crippen LogP contribution in [0.25, 0.3) is 10.8 Å². The van der Waals surface area contributed by atoms with Crippen molar-refractivity contribution in [3.05, 3.63) is 48.0 Å². The summed E-state index contributed by atoms with van der Waals surface area (Å²) in [5.74, 6) is 2.01. The van der Waals surface area contributed by atoms with Crippen molar-refractivity contribution in [3.8, 4) is 12.3 Å². The normalized spacial score (nSPS) is 16.8. The lowest BCUT2D eigenvalue weighted by Crippen LogP contribution is -2.41. The summed E-state index contributed by atoms with van der Waals surface area (Å²) < 4.78 is 22.9. The summed E-state index contributed by atoms with van der Waals surface area (Å²) in [5, 5.41) is 5.02. The first-order valence-corrected chi connectivity index (χ1v) is 12.7. The van der Waals surface area contributed by atoms with Gasteiger partial charge in [-0.25, -0.2) is 4.21 Å². The molecule has 0 aromatic heterocycles. The third kappa shape index (κ3) is 7.21. The average Bonchev–Trinajstić information content (AvgIpc) is 2.85. The molecule has 1 aliphatic rings. The molecule has 0 radical (unpaired) electrons. The zero-order valence-corrected chi connectivity index (χ0v) is 20.4. The highest BCUT2D eigenvalue weighted by molar-refractivity contribution is 7.76. The highest BCUT2D eigenvalue weighted by Gasteiger charge is 2.27. The maximum atomic E-state index is 12.3. The Hall–Kier alpha value is -2.57. The zero-order chi connectivity index (χ0) is 24.5. The lowest BCUT2D eigenvalue weighted by molar-refractivity contribution is -0.125. The number of piperidine rings is 1. The van der Waals surface area contributed by atoms with Gasteiger partial charge in [-0.15, -0.1) is 6.42 Å². The van der Waals surface area contributed by atoms with E-state index < -0.39 is 11.3 Å². The van der Waals surface area contributed by atoms with Gasteiger partial charge in [-0.3, -0.25) is 19.0 Å². The van der Waals surface area contributed by atoms with E-state index in [2.05, 4.69) is 65.5 Å². The van der Waals surface area contributed by atoms with Gasteiger partial charge >= 0.3 is 0 Å². The van der Waals surface area contributed by atoms with Crippen LogP contribution in [0.4, 0.5) is 0 Å². The van der Waals surface area contributed by atoms with Gasteiger partial charge in [0.2, 0.25) is 17.2 Å². The molecule has 1 heterocycles. The Bertz CT molecular complexity index is 1050. The lowest BCUT2D eigenvalue weighted by Gasteiger charge is -2.37. The molecule has 2 aromatic rings. The van der Waals surface area contributed by atoms with Crippen molar-refractivity contribution in [2.45, 2.75) is 38.6 Å². The van der Waals surface area contributed by atoms with Crippen LogP contribution < -0.4 is 5.32 Å². The predicted octanol–water partition coefficient (Wildman–Crippen LogP) is 3.15. The minimum absolute atomic E-state index is 0.0189. The molecule has 1 aliphatic heterocycles. The number of terminal acetylenes is 1. The number of nitrogens with zero attached hydrogens (tertiary/aromatic N) is 2. The SMILES string of the molecule is C#CCNC(=O)CCC(=O)CN(CC1CCN(C(C)c2cccc3ccccc23)CC1)S(=O)O. The van der Waals surface area contributed by atoms with E-state index in [4.69, 9.17) is 6.42 Å². The first-order chi connectivity index (χ1) is 16.4. The van der Waals surface area contributed by atoms with Crippen molar-refractivity contribution in [1.82, 2.24) is 14.5 Å². The molecule has 0 spiro atoms. The van der Waals surface area contributed by atoms with Gasteiger partial charge in [-0.1, -0.05) is 48.4 Å². The Morgan fingerprint density at radius 1 is 1.21 bits per heavy atom. The van der Waals surface area contributed by atoms with Crippen LogP contribution in [0.5, 0.6) is 0 Å². The average molecular weight is 484 g/mol. The Morgan fingerprint density at radius 3 is 2.62 bits per heavy atom. The van der Waals surface area contributed by atoms with Crippen molar-refractivity contribution in [2.24, 2.45) is 5.92 Å². The van der Waals surface area contributed by atoms with E-state index in [1.165, 1.54) is 20.6 Å². The number of nitrogens with one attached hydrogen (secondary N) is 1. The summed E-state index contributed by atoms with van der Waals surface area (Å²) in [6.45, 7) is 4.38. The molecule has 2 unspecified atom stereocenters. The fourth-order valence-electron chi connectivity index (χ4n) is 4.57. The molecule has 0 bridgehead atoms. The molecule has 1 amide bonds. The second-order valence-corrected chi connectivity index (χ2v) is 9.77. The van der Waals surface area contributed by atoms with E-state index in [1.807, 2.05) is 0 Å². The highest BCUT2D eigenvalue weighted by Crippen LogP contribution is 2.31. The Morgan fingerprint density at radius 2 is 1.91 bits per heavy atom. The number of carbonyl (C=O) groups is 2. The van der Waals surface area contributed by atoms with Gasteiger partial charge in [0.25, 0.3) is 0 Å². The van der Waals surface area contributed by atoms with Gasteiger partial charge in [0.15, 0.2) is 0 Å². The maximum absolute atomic E-state index is 12.3. The third-order valence-corrected chi connectivity index (χ3v) is 7.24. The minimum atomic E-state index is -2.24. The molecule has 0 aliphatic carbocycles. The summed E-state index contributed by atoms with van der Waals surface area (Å²) in [7, 11) is 0. The van der Waals surface area contributed by atoms with Gasteiger partial charge in [0.05, 0.1) is 13.1 Å². The maximum Gasteiger partial charge on any atom is 0.234 e. The Labute approximate surface area is 204 Å². The Kier molecular flexibility index (Phi) is 9.78. The molecule has 182 valence electrons. The van der Waals surface area contributed by atoms with Crippen LogP contribution in [-0.4, -0.2) is 62.4 Å². The molecule has 3 rings (SSSR count). The third-order valence-electron chi connectivity index (χ3n) is 6.52. The smallest absolute Gasteiger partial charge is 0.234 e. The molecule has 2 atom stereocenters. The van der Waals surface area contributed by atoms with Gasteiger partial charge in [0.1, 0.15) is 5.78 Å².